The number of rotatable bonds is 5. The molecule has 2 saturated heterocycles. The quantitative estimate of drug-likeness (QED) is 0.571. The monoisotopic (exact) mass is 471 g/mol. The van der Waals surface area contributed by atoms with Crippen molar-refractivity contribution in [1.29, 1.82) is 5.26 Å². The fourth-order valence-corrected chi connectivity index (χ4v) is 5.15. The van der Waals surface area contributed by atoms with Gasteiger partial charge in [-0.2, -0.15) is 5.26 Å². The number of nitrogens with zero attached hydrogens (tertiary/aromatic N) is 5. The molecule has 3 aromatic rings. The van der Waals surface area contributed by atoms with Gasteiger partial charge in [-0.15, -0.1) is 11.3 Å². The van der Waals surface area contributed by atoms with Crippen LogP contribution in [0, 0.1) is 11.3 Å². The standard InChI is InChI=1S/C26H25N5O2S/c27-9-8-19-2-1-3-22(16-19)20-4-6-21(7-5-20)25(32)31-17-23(18-31)29-11-13-30(14-12-29)26(33)24-28-10-15-34-24/h1-7,10,15-16,23H,8,11-14,17-18H2. The number of piperazine rings is 1. The fourth-order valence-electron chi connectivity index (χ4n) is 4.55. The van der Waals surface area contributed by atoms with E-state index < -0.39 is 0 Å². The zero-order valence-electron chi connectivity index (χ0n) is 18.8. The molecule has 0 aliphatic carbocycles. The van der Waals surface area contributed by atoms with Crippen LogP contribution in [0.5, 0.6) is 0 Å². The minimum absolute atomic E-state index is 0.0142. The Hall–Kier alpha value is -3.54. The average molecular weight is 472 g/mol. The number of benzene rings is 2. The third-order valence-electron chi connectivity index (χ3n) is 6.56. The van der Waals surface area contributed by atoms with Crippen molar-refractivity contribution < 1.29 is 9.59 Å². The van der Waals surface area contributed by atoms with E-state index in [1.54, 1.807) is 6.20 Å². The lowest BCUT2D eigenvalue weighted by Crippen LogP contribution is -2.64. The van der Waals surface area contributed by atoms with E-state index in [0.717, 1.165) is 42.9 Å². The van der Waals surface area contributed by atoms with Crippen LogP contribution in [-0.4, -0.2) is 76.8 Å². The molecule has 8 heteroatoms. The average Bonchev–Trinajstić information content (AvgIpc) is 3.39. The first-order valence-electron chi connectivity index (χ1n) is 11.4. The molecular formula is C26H25N5O2S. The summed E-state index contributed by atoms with van der Waals surface area (Å²) in [6.07, 6.45) is 2.05. The van der Waals surface area contributed by atoms with Crippen LogP contribution in [0.3, 0.4) is 0 Å². The summed E-state index contributed by atoms with van der Waals surface area (Å²) >= 11 is 1.38. The first kappa shape index (κ1) is 22.3. The Labute approximate surface area is 202 Å². The van der Waals surface area contributed by atoms with E-state index in [2.05, 4.69) is 16.0 Å². The van der Waals surface area contributed by atoms with Gasteiger partial charge in [-0.3, -0.25) is 14.5 Å². The van der Waals surface area contributed by atoms with E-state index in [0.29, 0.717) is 36.1 Å². The van der Waals surface area contributed by atoms with Crippen LogP contribution >= 0.6 is 11.3 Å². The van der Waals surface area contributed by atoms with Crippen molar-refractivity contribution in [3.8, 4) is 17.2 Å². The van der Waals surface area contributed by atoms with Gasteiger partial charge in [-0.1, -0.05) is 36.4 Å². The maximum Gasteiger partial charge on any atom is 0.282 e. The number of amides is 2. The summed E-state index contributed by atoms with van der Waals surface area (Å²) in [5, 5.41) is 11.3. The lowest BCUT2D eigenvalue weighted by molar-refractivity contribution is 0.00853. The van der Waals surface area contributed by atoms with Crippen LogP contribution in [0.1, 0.15) is 25.7 Å². The normalized spacial score (nSPS) is 16.7. The van der Waals surface area contributed by atoms with Gasteiger partial charge in [0.1, 0.15) is 0 Å². The van der Waals surface area contributed by atoms with Crippen LogP contribution < -0.4 is 0 Å². The highest BCUT2D eigenvalue weighted by atomic mass is 32.1. The molecule has 1 aromatic heterocycles. The highest BCUT2D eigenvalue weighted by Gasteiger charge is 2.37. The zero-order valence-corrected chi connectivity index (χ0v) is 19.6. The van der Waals surface area contributed by atoms with Crippen molar-refractivity contribution in [2.45, 2.75) is 12.5 Å². The Bertz CT molecular complexity index is 1200. The second-order valence-corrected chi connectivity index (χ2v) is 9.54. The second-order valence-electron chi connectivity index (χ2n) is 8.64. The van der Waals surface area contributed by atoms with Gasteiger partial charge in [0.2, 0.25) is 0 Å². The molecule has 2 aliphatic heterocycles. The van der Waals surface area contributed by atoms with E-state index in [1.807, 2.05) is 63.7 Å². The van der Waals surface area contributed by atoms with Gasteiger partial charge >= 0.3 is 0 Å². The van der Waals surface area contributed by atoms with Gasteiger partial charge in [0.25, 0.3) is 11.8 Å². The van der Waals surface area contributed by atoms with Crippen LogP contribution in [0.15, 0.2) is 60.1 Å². The molecule has 5 rings (SSSR count). The van der Waals surface area contributed by atoms with Gasteiger partial charge in [0.05, 0.1) is 12.5 Å². The Morgan fingerprint density at radius 2 is 1.74 bits per heavy atom. The van der Waals surface area contributed by atoms with Crippen molar-refractivity contribution >= 4 is 23.2 Å². The van der Waals surface area contributed by atoms with Gasteiger partial charge in [0, 0.05) is 62.5 Å². The molecule has 0 atom stereocenters. The lowest BCUT2D eigenvalue weighted by Gasteiger charge is -2.48. The minimum Gasteiger partial charge on any atom is -0.335 e. The molecule has 0 saturated carbocycles. The molecule has 2 aromatic carbocycles. The third kappa shape index (κ3) is 4.58. The molecule has 2 fully saturated rings. The van der Waals surface area contributed by atoms with Crippen molar-refractivity contribution in [1.82, 2.24) is 19.7 Å². The number of aromatic nitrogens is 1. The molecular weight excluding hydrogens is 446 g/mol. The number of thiazole rings is 1. The van der Waals surface area contributed by atoms with Crippen LogP contribution in [0.25, 0.3) is 11.1 Å². The summed E-state index contributed by atoms with van der Waals surface area (Å²) in [6.45, 7) is 4.47. The van der Waals surface area contributed by atoms with E-state index in [1.165, 1.54) is 11.3 Å². The van der Waals surface area contributed by atoms with Gasteiger partial charge in [0.15, 0.2) is 5.01 Å². The molecule has 0 bridgehead atoms. The van der Waals surface area contributed by atoms with Crippen LogP contribution in [0.2, 0.25) is 0 Å². The smallest absolute Gasteiger partial charge is 0.282 e. The number of nitriles is 1. The maximum absolute atomic E-state index is 12.9. The Balaban J connectivity index is 1.13. The highest BCUT2D eigenvalue weighted by Crippen LogP contribution is 2.24. The molecule has 0 spiro atoms. The molecule has 2 aliphatic rings. The second kappa shape index (κ2) is 9.75. The van der Waals surface area contributed by atoms with E-state index >= 15 is 0 Å². The van der Waals surface area contributed by atoms with Crippen molar-refractivity contribution in [2.24, 2.45) is 0 Å². The van der Waals surface area contributed by atoms with Crippen molar-refractivity contribution in [2.75, 3.05) is 39.3 Å². The molecule has 0 radical (unpaired) electrons. The Morgan fingerprint density at radius 3 is 2.41 bits per heavy atom. The Kier molecular flexibility index (Phi) is 6.39. The highest BCUT2D eigenvalue weighted by molar-refractivity contribution is 7.11. The van der Waals surface area contributed by atoms with Gasteiger partial charge < -0.3 is 9.80 Å². The summed E-state index contributed by atoms with van der Waals surface area (Å²) < 4.78 is 0. The molecule has 7 nitrogen and oxygen atoms in total. The maximum atomic E-state index is 12.9. The predicted molar refractivity (Wildman–Crippen MR) is 130 cm³/mol. The molecule has 3 heterocycles. The number of carbonyl (C=O) groups is 2. The summed E-state index contributed by atoms with van der Waals surface area (Å²) in [7, 11) is 0. The number of likely N-dealkylation sites (tertiary alicyclic amines) is 1. The number of hydrogen-bond acceptors (Lipinski definition) is 6. The lowest BCUT2D eigenvalue weighted by atomic mass is 9.99. The number of hydrogen-bond donors (Lipinski definition) is 0. The van der Waals surface area contributed by atoms with Crippen LogP contribution in [0.4, 0.5) is 0 Å². The topological polar surface area (TPSA) is 80.5 Å². The molecule has 34 heavy (non-hydrogen) atoms. The molecule has 172 valence electrons. The van der Waals surface area contributed by atoms with Gasteiger partial charge in [-0.25, -0.2) is 4.98 Å². The minimum atomic E-state index is 0.0142. The van der Waals surface area contributed by atoms with E-state index in [-0.39, 0.29) is 11.8 Å². The van der Waals surface area contributed by atoms with E-state index in [4.69, 9.17) is 5.26 Å². The molecule has 0 N–H and O–H groups in total. The largest absolute Gasteiger partial charge is 0.335 e. The first-order chi connectivity index (χ1) is 16.6. The third-order valence-corrected chi connectivity index (χ3v) is 7.32. The van der Waals surface area contributed by atoms with Crippen molar-refractivity contribution in [3.05, 3.63) is 76.2 Å². The number of carbonyl (C=O) groups excluding carboxylic acids is 2. The fraction of sp³-hybridized carbons (Fsp3) is 0.308. The summed E-state index contributed by atoms with van der Waals surface area (Å²) in [5.74, 6) is 0.0684. The van der Waals surface area contributed by atoms with Crippen molar-refractivity contribution in [3.63, 3.8) is 0 Å². The van der Waals surface area contributed by atoms with E-state index in [9.17, 15) is 9.59 Å². The SMILES string of the molecule is N#CCc1cccc(-c2ccc(C(=O)N3CC(N4CCN(C(=O)c5nccs5)CC4)C3)cc2)c1. The van der Waals surface area contributed by atoms with Gasteiger partial charge in [-0.05, 0) is 28.8 Å². The Morgan fingerprint density at radius 1 is 0.971 bits per heavy atom. The summed E-state index contributed by atoms with van der Waals surface area (Å²) in [4.78, 5) is 35.7. The summed E-state index contributed by atoms with van der Waals surface area (Å²) in [5.41, 5.74) is 3.75. The molecule has 2 amide bonds. The first-order valence-corrected chi connectivity index (χ1v) is 12.3. The molecule has 0 unspecified atom stereocenters. The summed E-state index contributed by atoms with van der Waals surface area (Å²) in [6, 6.07) is 18.2. The predicted octanol–water partition coefficient (Wildman–Crippen LogP) is 3.16. The van der Waals surface area contributed by atoms with Crippen LogP contribution in [-0.2, 0) is 6.42 Å². The zero-order chi connectivity index (χ0) is 23.5.